The lowest BCUT2D eigenvalue weighted by molar-refractivity contribution is -0.119. The minimum absolute atomic E-state index is 0.0183. The van der Waals surface area contributed by atoms with Gasteiger partial charge in [-0.05, 0) is 48.4 Å². The minimum atomic E-state index is -0.469. The molecule has 4 heteroatoms. The highest BCUT2D eigenvalue weighted by Crippen LogP contribution is 2.27. The summed E-state index contributed by atoms with van der Waals surface area (Å²) >= 11 is 1.56. The molecule has 1 aromatic carbocycles. The molecule has 0 radical (unpaired) electrons. The number of rotatable bonds is 6. The lowest BCUT2D eigenvalue weighted by atomic mass is 10.1. The number of hydrogen-bond acceptors (Lipinski definition) is 3. The van der Waals surface area contributed by atoms with Gasteiger partial charge in [0.2, 0.25) is 5.91 Å². The fourth-order valence-corrected chi connectivity index (χ4v) is 3.08. The summed E-state index contributed by atoms with van der Waals surface area (Å²) in [6.45, 7) is 4.22. The first kappa shape index (κ1) is 15.4. The van der Waals surface area contributed by atoms with Gasteiger partial charge in [0, 0.05) is 11.4 Å². The lowest BCUT2D eigenvalue weighted by Gasteiger charge is -2.14. The Labute approximate surface area is 125 Å². The first-order valence-corrected chi connectivity index (χ1v) is 8.24. The molecular weight excluding hydrogens is 270 g/mol. The molecule has 0 aromatic heterocycles. The van der Waals surface area contributed by atoms with E-state index in [0.717, 1.165) is 11.3 Å². The third kappa shape index (κ3) is 4.25. The van der Waals surface area contributed by atoms with Crippen molar-refractivity contribution in [1.29, 1.82) is 0 Å². The molecule has 0 saturated heterocycles. The van der Waals surface area contributed by atoms with Crippen LogP contribution in [-0.2, 0) is 17.6 Å². The highest BCUT2D eigenvalue weighted by Gasteiger charge is 2.13. The molecule has 1 unspecified atom stereocenters. The SMILES string of the molecule is CC(C)C(O)CNC(=O)CSc1ccc2c(c1)CCC2. The van der Waals surface area contributed by atoms with Crippen LogP contribution in [-0.4, -0.2) is 29.4 Å². The van der Waals surface area contributed by atoms with Gasteiger partial charge in [-0.25, -0.2) is 0 Å². The molecule has 1 atom stereocenters. The van der Waals surface area contributed by atoms with Gasteiger partial charge in [-0.15, -0.1) is 11.8 Å². The quantitative estimate of drug-likeness (QED) is 0.792. The molecule has 0 spiro atoms. The Hall–Kier alpha value is -1.00. The second kappa shape index (κ2) is 7.14. The number of aryl methyl sites for hydroxylation is 2. The van der Waals surface area contributed by atoms with Crippen LogP contribution in [0.5, 0.6) is 0 Å². The van der Waals surface area contributed by atoms with E-state index in [1.54, 1.807) is 11.8 Å². The Morgan fingerprint density at radius 3 is 2.85 bits per heavy atom. The molecule has 0 saturated carbocycles. The summed E-state index contributed by atoms with van der Waals surface area (Å²) in [4.78, 5) is 12.9. The summed E-state index contributed by atoms with van der Waals surface area (Å²) < 4.78 is 0. The smallest absolute Gasteiger partial charge is 0.230 e. The van der Waals surface area contributed by atoms with Crippen LogP contribution < -0.4 is 5.32 Å². The zero-order valence-corrected chi connectivity index (χ0v) is 13.0. The van der Waals surface area contributed by atoms with Gasteiger partial charge < -0.3 is 10.4 Å². The van der Waals surface area contributed by atoms with Crippen molar-refractivity contribution in [3.8, 4) is 0 Å². The number of fused-ring (bicyclic) bond motifs is 1. The number of aliphatic hydroxyl groups is 1. The summed E-state index contributed by atoms with van der Waals surface area (Å²) in [6, 6.07) is 6.50. The number of benzene rings is 1. The fraction of sp³-hybridized carbons (Fsp3) is 0.562. The van der Waals surface area contributed by atoms with Crippen LogP contribution in [0.25, 0.3) is 0 Å². The molecule has 2 rings (SSSR count). The third-order valence-electron chi connectivity index (χ3n) is 3.72. The third-order valence-corrected chi connectivity index (χ3v) is 4.71. The average molecular weight is 293 g/mol. The van der Waals surface area contributed by atoms with Crippen molar-refractivity contribution < 1.29 is 9.90 Å². The predicted molar refractivity (Wildman–Crippen MR) is 83.0 cm³/mol. The van der Waals surface area contributed by atoms with E-state index in [0.29, 0.717) is 12.3 Å². The van der Waals surface area contributed by atoms with Gasteiger partial charge in [0.25, 0.3) is 0 Å². The number of hydrogen-bond donors (Lipinski definition) is 2. The van der Waals surface area contributed by atoms with E-state index < -0.39 is 6.10 Å². The Bertz CT molecular complexity index is 474. The Balaban J connectivity index is 1.76. The summed E-state index contributed by atoms with van der Waals surface area (Å²) in [5.41, 5.74) is 2.89. The van der Waals surface area contributed by atoms with Gasteiger partial charge in [0.05, 0.1) is 11.9 Å². The van der Waals surface area contributed by atoms with Crippen molar-refractivity contribution >= 4 is 17.7 Å². The molecular formula is C16H23NO2S. The number of carbonyl (C=O) groups excluding carboxylic acids is 1. The average Bonchev–Trinajstić information content (AvgIpc) is 2.89. The van der Waals surface area contributed by atoms with Crippen LogP contribution in [0.3, 0.4) is 0 Å². The van der Waals surface area contributed by atoms with Crippen molar-refractivity contribution in [2.45, 2.75) is 44.1 Å². The zero-order chi connectivity index (χ0) is 14.5. The van der Waals surface area contributed by atoms with Gasteiger partial charge in [-0.3, -0.25) is 4.79 Å². The molecule has 20 heavy (non-hydrogen) atoms. The summed E-state index contributed by atoms with van der Waals surface area (Å²) in [6.07, 6.45) is 3.13. The predicted octanol–water partition coefficient (Wildman–Crippen LogP) is 2.40. The number of aliphatic hydroxyl groups excluding tert-OH is 1. The van der Waals surface area contributed by atoms with Gasteiger partial charge in [-0.2, -0.15) is 0 Å². The maximum absolute atomic E-state index is 11.7. The van der Waals surface area contributed by atoms with E-state index in [1.165, 1.54) is 24.0 Å². The van der Waals surface area contributed by atoms with Crippen molar-refractivity contribution in [2.75, 3.05) is 12.3 Å². The number of thioether (sulfide) groups is 1. The van der Waals surface area contributed by atoms with E-state index >= 15 is 0 Å². The second-order valence-corrected chi connectivity index (χ2v) is 6.74. The molecule has 3 nitrogen and oxygen atoms in total. The molecule has 0 aliphatic heterocycles. The van der Waals surface area contributed by atoms with E-state index in [2.05, 4.69) is 23.5 Å². The van der Waals surface area contributed by atoms with Crippen molar-refractivity contribution in [3.05, 3.63) is 29.3 Å². The Kier molecular flexibility index (Phi) is 5.49. The maximum Gasteiger partial charge on any atom is 0.230 e. The van der Waals surface area contributed by atoms with Gasteiger partial charge in [0.1, 0.15) is 0 Å². The maximum atomic E-state index is 11.7. The van der Waals surface area contributed by atoms with E-state index in [9.17, 15) is 9.90 Å². The van der Waals surface area contributed by atoms with Crippen molar-refractivity contribution in [2.24, 2.45) is 5.92 Å². The number of carbonyl (C=O) groups is 1. The molecule has 1 aliphatic rings. The summed E-state index contributed by atoms with van der Waals surface area (Å²) in [5, 5.41) is 12.4. The van der Waals surface area contributed by atoms with Crippen LogP contribution in [0, 0.1) is 5.92 Å². The monoisotopic (exact) mass is 293 g/mol. The van der Waals surface area contributed by atoms with Gasteiger partial charge in [-0.1, -0.05) is 19.9 Å². The largest absolute Gasteiger partial charge is 0.391 e. The van der Waals surface area contributed by atoms with Crippen LogP contribution in [0.4, 0.5) is 0 Å². The van der Waals surface area contributed by atoms with E-state index in [1.807, 2.05) is 13.8 Å². The van der Waals surface area contributed by atoms with Crippen LogP contribution >= 0.6 is 11.8 Å². The Morgan fingerprint density at radius 2 is 2.10 bits per heavy atom. The topological polar surface area (TPSA) is 49.3 Å². The minimum Gasteiger partial charge on any atom is -0.391 e. The van der Waals surface area contributed by atoms with Crippen molar-refractivity contribution in [1.82, 2.24) is 5.32 Å². The lowest BCUT2D eigenvalue weighted by Crippen LogP contribution is -2.35. The second-order valence-electron chi connectivity index (χ2n) is 5.69. The highest BCUT2D eigenvalue weighted by atomic mass is 32.2. The summed E-state index contributed by atoms with van der Waals surface area (Å²) in [5.74, 6) is 0.554. The molecule has 0 fully saturated rings. The van der Waals surface area contributed by atoms with E-state index in [-0.39, 0.29) is 11.8 Å². The highest BCUT2D eigenvalue weighted by molar-refractivity contribution is 8.00. The Morgan fingerprint density at radius 1 is 1.35 bits per heavy atom. The summed E-state index contributed by atoms with van der Waals surface area (Å²) in [7, 11) is 0. The fourth-order valence-electron chi connectivity index (χ4n) is 2.29. The first-order valence-electron chi connectivity index (χ1n) is 7.25. The van der Waals surface area contributed by atoms with Crippen molar-refractivity contribution in [3.63, 3.8) is 0 Å². The zero-order valence-electron chi connectivity index (χ0n) is 12.2. The molecule has 2 N–H and O–H groups in total. The van der Waals surface area contributed by atoms with Crippen LogP contribution in [0.15, 0.2) is 23.1 Å². The molecule has 0 bridgehead atoms. The number of amides is 1. The molecule has 1 amide bonds. The number of nitrogens with one attached hydrogen (secondary N) is 1. The molecule has 1 aromatic rings. The molecule has 1 aliphatic carbocycles. The standard InChI is InChI=1S/C16H23NO2S/c1-11(2)15(18)9-17-16(19)10-20-14-7-6-12-4-3-5-13(12)8-14/h6-8,11,15,18H,3-5,9-10H2,1-2H3,(H,17,19). The molecule has 0 heterocycles. The van der Waals surface area contributed by atoms with Crippen LogP contribution in [0.2, 0.25) is 0 Å². The van der Waals surface area contributed by atoms with Gasteiger partial charge >= 0.3 is 0 Å². The molecule has 110 valence electrons. The van der Waals surface area contributed by atoms with E-state index in [4.69, 9.17) is 0 Å². The van der Waals surface area contributed by atoms with Gasteiger partial charge in [0.15, 0.2) is 0 Å². The first-order chi connectivity index (χ1) is 9.56. The normalized spacial score (nSPS) is 15.2. The van der Waals surface area contributed by atoms with Crippen LogP contribution in [0.1, 0.15) is 31.4 Å².